The molecule has 8 heteroatoms. The Balaban J connectivity index is 0.00000320. The maximum absolute atomic E-state index is 14.0. The fourth-order valence-corrected chi connectivity index (χ4v) is 4.42. The van der Waals surface area contributed by atoms with Crippen LogP contribution in [0.3, 0.4) is 0 Å². The van der Waals surface area contributed by atoms with E-state index < -0.39 is 20.9 Å². The maximum Gasteiger partial charge on any atom is 0.313 e. The molecule has 0 aliphatic rings. The minimum atomic E-state index is -10.1. The third-order valence-corrected chi connectivity index (χ3v) is 5.90. The predicted molar refractivity (Wildman–Crippen MR) is 106 cm³/mol. The second-order valence-corrected chi connectivity index (χ2v) is 9.71. The summed E-state index contributed by atoms with van der Waals surface area (Å²) in [5, 5.41) is 0. The smallest absolute Gasteiger partial charge is 0.206 e. The fourth-order valence-electron chi connectivity index (χ4n) is 3.67. The van der Waals surface area contributed by atoms with Crippen molar-refractivity contribution in [3.63, 3.8) is 0 Å². The van der Waals surface area contributed by atoms with Crippen molar-refractivity contribution in [1.29, 1.82) is 0 Å². The van der Waals surface area contributed by atoms with Gasteiger partial charge in [0, 0.05) is 35.6 Å². The first-order valence-corrected chi connectivity index (χ1v) is 10.7. The Labute approximate surface area is 200 Å². The maximum atomic E-state index is 14.0. The van der Waals surface area contributed by atoms with E-state index in [1.807, 2.05) is 39.0 Å². The van der Waals surface area contributed by atoms with Crippen LogP contribution in [0.15, 0.2) is 47.4 Å². The first-order chi connectivity index (χ1) is 13.1. The normalized spacial score (nSPS) is 13.9. The van der Waals surface area contributed by atoms with Crippen LogP contribution in [0.2, 0.25) is 0 Å². The van der Waals surface area contributed by atoms with E-state index in [9.17, 15) is 23.8 Å². The van der Waals surface area contributed by atoms with Gasteiger partial charge in [0.1, 0.15) is 10.7 Å². The number of halogens is 6. The van der Waals surface area contributed by atoms with Crippen LogP contribution in [-0.2, 0) is 0 Å². The third-order valence-electron chi connectivity index (χ3n) is 4.74. The van der Waals surface area contributed by atoms with Crippen LogP contribution in [-0.4, -0.2) is 0 Å². The molecule has 0 spiro atoms. The van der Waals surface area contributed by atoms with E-state index in [1.165, 1.54) is 0 Å². The molecule has 0 bridgehead atoms. The van der Waals surface area contributed by atoms with Crippen LogP contribution in [0.1, 0.15) is 22.3 Å². The molecule has 159 valence electrons. The molecule has 3 aromatic carbocycles. The summed E-state index contributed by atoms with van der Waals surface area (Å²) in [4.78, 5) is -2.51. The Hall–Kier alpha value is -1.22. The summed E-state index contributed by atoms with van der Waals surface area (Å²) in [6.07, 6.45) is 0. The van der Waals surface area contributed by atoms with Gasteiger partial charge in [0.25, 0.3) is 0 Å². The van der Waals surface area contributed by atoms with Crippen LogP contribution >= 0.6 is 10.2 Å². The third kappa shape index (κ3) is 5.15. The monoisotopic (exact) mass is 568 g/mol. The Morgan fingerprint density at radius 1 is 0.733 bits per heavy atom. The van der Waals surface area contributed by atoms with Gasteiger partial charge in [-0.2, -0.15) is 0 Å². The average Bonchev–Trinajstić information content (AvgIpc) is 2.51. The van der Waals surface area contributed by atoms with Gasteiger partial charge >= 0.3 is 10.2 Å². The number of hydrogen-bond acceptors (Lipinski definition) is 0. The standard InChI is InChI=1S/C22H19F6S.La/c1-13-9-15(3)22(16(4)10-13)18-5-7-19(14(2)11-18)17-6-8-21(20(23)12-17)29(24,25,26,27)28;/h5-6,8-12H,1-4H3;/q-1;. The van der Waals surface area contributed by atoms with Crippen LogP contribution < -0.4 is 0 Å². The van der Waals surface area contributed by atoms with Crippen molar-refractivity contribution in [2.45, 2.75) is 32.6 Å². The summed E-state index contributed by atoms with van der Waals surface area (Å²) in [6, 6.07) is 12.0. The molecule has 0 unspecified atom stereocenters. The van der Waals surface area contributed by atoms with E-state index >= 15 is 0 Å². The van der Waals surface area contributed by atoms with Crippen LogP contribution in [0, 0.1) is 75.2 Å². The predicted octanol–water partition coefficient (Wildman–Crippen LogP) is 8.85. The minimum absolute atomic E-state index is 0. The molecule has 30 heavy (non-hydrogen) atoms. The molecule has 0 aliphatic heterocycles. The van der Waals surface area contributed by atoms with Crippen molar-refractivity contribution >= 4 is 10.2 Å². The zero-order chi connectivity index (χ0) is 21.8. The molecule has 0 nitrogen and oxygen atoms in total. The summed E-state index contributed by atoms with van der Waals surface area (Å²) >= 11 is 0. The quantitative estimate of drug-likeness (QED) is 0.219. The van der Waals surface area contributed by atoms with E-state index in [-0.39, 0.29) is 47.2 Å². The molecular weight excluding hydrogens is 549 g/mol. The molecule has 3 rings (SSSR count). The van der Waals surface area contributed by atoms with E-state index in [2.05, 4.69) is 6.07 Å². The van der Waals surface area contributed by atoms with Gasteiger partial charge in [-0.15, -0.1) is 29.3 Å². The summed E-state index contributed by atoms with van der Waals surface area (Å²) in [6.45, 7) is 7.67. The summed E-state index contributed by atoms with van der Waals surface area (Å²) in [5.74, 6) is -2.00. The Morgan fingerprint density at radius 2 is 1.30 bits per heavy atom. The van der Waals surface area contributed by atoms with Gasteiger partial charge in [-0.1, -0.05) is 84.0 Å². The van der Waals surface area contributed by atoms with Crippen molar-refractivity contribution in [2.24, 2.45) is 0 Å². The van der Waals surface area contributed by atoms with Crippen LogP contribution in [0.4, 0.5) is 23.8 Å². The first-order valence-electron chi connectivity index (χ1n) is 8.71. The Kier molecular flexibility index (Phi) is 6.21. The Bertz CT molecular complexity index is 1110. The largest absolute Gasteiger partial charge is 0.313 e. The topological polar surface area (TPSA) is 0 Å². The molecule has 0 saturated heterocycles. The number of aryl methyl sites for hydroxylation is 4. The van der Waals surface area contributed by atoms with Gasteiger partial charge in [-0.3, -0.25) is 0 Å². The summed E-state index contributed by atoms with van der Waals surface area (Å²) < 4.78 is 78.6. The van der Waals surface area contributed by atoms with E-state index in [0.717, 1.165) is 33.9 Å². The molecule has 3 aromatic rings. The van der Waals surface area contributed by atoms with Gasteiger partial charge in [0.15, 0.2) is 0 Å². The molecule has 0 saturated carbocycles. The zero-order valence-electron chi connectivity index (χ0n) is 16.8. The molecular formula is C22H19F6LaS-. The van der Waals surface area contributed by atoms with Crippen molar-refractivity contribution in [3.8, 4) is 22.3 Å². The van der Waals surface area contributed by atoms with Crippen molar-refractivity contribution < 1.29 is 59.4 Å². The van der Waals surface area contributed by atoms with Crippen LogP contribution in [0.25, 0.3) is 22.3 Å². The molecule has 1 radical (unpaired) electrons. The molecule has 0 amide bonds. The summed E-state index contributed by atoms with van der Waals surface area (Å²) in [7, 11) is -10.1. The number of hydrogen-bond donors (Lipinski definition) is 0. The molecule has 0 aromatic heterocycles. The van der Waals surface area contributed by atoms with Gasteiger partial charge in [-0.05, 0) is 26.8 Å². The van der Waals surface area contributed by atoms with Crippen molar-refractivity contribution in [2.75, 3.05) is 0 Å². The molecule has 0 fully saturated rings. The van der Waals surface area contributed by atoms with E-state index in [4.69, 9.17) is 0 Å². The minimum Gasteiger partial charge on any atom is -0.206 e. The summed E-state index contributed by atoms with van der Waals surface area (Å²) in [5.41, 5.74) is 6.18. The molecule has 0 N–H and O–H groups in total. The van der Waals surface area contributed by atoms with E-state index in [0.29, 0.717) is 17.2 Å². The second-order valence-electron chi connectivity index (χ2n) is 7.33. The van der Waals surface area contributed by atoms with Gasteiger partial charge < -0.3 is 0 Å². The van der Waals surface area contributed by atoms with Gasteiger partial charge in [0.2, 0.25) is 0 Å². The second kappa shape index (κ2) is 7.43. The van der Waals surface area contributed by atoms with Crippen molar-refractivity contribution in [3.05, 3.63) is 76.6 Å². The fraction of sp³-hybridized carbons (Fsp3) is 0.182. The van der Waals surface area contributed by atoms with Crippen molar-refractivity contribution in [1.82, 2.24) is 0 Å². The SMILES string of the molecule is Cc1cc(C)c(-c2c[c-]c(-c3ccc(S(F)(F)(F)(F)F)c(F)c3)c(C)c2)c(C)c1.[La]. The Morgan fingerprint density at radius 3 is 1.77 bits per heavy atom. The number of rotatable bonds is 3. The van der Waals surface area contributed by atoms with Gasteiger partial charge in [0.05, 0.1) is 0 Å². The molecule has 0 atom stereocenters. The van der Waals surface area contributed by atoms with E-state index in [1.54, 1.807) is 13.0 Å². The molecule has 0 heterocycles. The van der Waals surface area contributed by atoms with Crippen LogP contribution in [0.5, 0.6) is 0 Å². The number of benzene rings is 3. The molecule has 0 aliphatic carbocycles. The first kappa shape index (κ1) is 25.0. The zero-order valence-corrected chi connectivity index (χ0v) is 21.2. The van der Waals surface area contributed by atoms with Gasteiger partial charge in [-0.25, -0.2) is 4.39 Å². The average molecular weight is 568 g/mol.